The van der Waals surface area contributed by atoms with Crippen LogP contribution in [0.4, 0.5) is 0 Å². The SMILES string of the molecule is O=S1(=O)CCCC(NS(=O)(=O)c2ccccc2Br)C1. The van der Waals surface area contributed by atoms with Gasteiger partial charge >= 0.3 is 0 Å². The summed E-state index contributed by atoms with van der Waals surface area (Å²) < 4.78 is 50.3. The van der Waals surface area contributed by atoms with Crippen LogP contribution in [0.2, 0.25) is 0 Å². The molecule has 0 radical (unpaired) electrons. The maximum absolute atomic E-state index is 12.2. The highest BCUT2D eigenvalue weighted by Gasteiger charge is 2.29. The van der Waals surface area contributed by atoms with Crippen molar-refractivity contribution in [2.75, 3.05) is 11.5 Å². The van der Waals surface area contributed by atoms with Crippen molar-refractivity contribution in [3.8, 4) is 0 Å². The van der Waals surface area contributed by atoms with Gasteiger partial charge in [-0.2, -0.15) is 0 Å². The fraction of sp³-hybridized carbons (Fsp3) is 0.455. The van der Waals surface area contributed by atoms with Crippen molar-refractivity contribution < 1.29 is 16.8 Å². The summed E-state index contributed by atoms with van der Waals surface area (Å²) in [5.74, 6) is 0.0109. The van der Waals surface area contributed by atoms with Crippen molar-refractivity contribution in [1.82, 2.24) is 4.72 Å². The Morgan fingerprint density at radius 3 is 2.58 bits per heavy atom. The summed E-state index contributed by atoms with van der Waals surface area (Å²) in [4.78, 5) is 0.123. The number of benzene rings is 1. The van der Waals surface area contributed by atoms with Gasteiger partial charge < -0.3 is 0 Å². The first-order valence-corrected chi connectivity index (χ1v) is 9.87. The summed E-state index contributed by atoms with van der Waals surface area (Å²) in [6, 6.07) is 5.90. The Bertz CT molecular complexity index is 670. The summed E-state index contributed by atoms with van der Waals surface area (Å²) in [7, 11) is -6.84. The number of hydrogen-bond acceptors (Lipinski definition) is 4. The summed E-state index contributed by atoms with van der Waals surface area (Å²) >= 11 is 3.18. The van der Waals surface area contributed by atoms with Gasteiger partial charge in [0.15, 0.2) is 9.84 Å². The van der Waals surface area contributed by atoms with Crippen LogP contribution in [-0.4, -0.2) is 34.4 Å². The number of rotatable bonds is 3. The van der Waals surface area contributed by atoms with Crippen molar-refractivity contribution in [1.29, 1.82) is 0 Å². The highest BCUT2D eigenvalue weighted by atomic mass is 79.9. The third-order valence-electron chi connectivity index (χ3n) is 2.91. The molecule has 1 N–H and O–H groups in total. The Kier molecular flexibility index (Phi) is 4.34. The molecule has 1 atom stereocenters. The van der Waals surface area contributed by atoms with Gasteiger partial charge in [0, 0.05) is 10.5 Å². The molecule has 0 aromatic heterocycles. The average Bonchev–Trinajstić information content (AvgIpc) is 2.27. The van der Waals surface area contributed by atoms with Gasteiger partial charge in [0.2, 0.25) is 10.0 Å². The Labute approximate surface area is 121 Å². The van der Waals surface area contributed by atoms with Gasteiger partial charge in [-0.25, -0.2) is 21.6 Å². The first kappa shape index (κ1) is 15.0. The second kappa shape index (κ2) is 5.51. The van der Waals surface area contributed by atoms with Crippen LogP contribution in [0.15, 0.2) is 33.6 Å². The largest absolute Gasteiger partial charge is 0.241 e. The third kappa shape index (κ3) is 3.77. The highest BCUT2D eigenvalue weighted by molar-refractivity contribution is 9.10. The molecule has 8 heteroatoms. The molecule has 1 saturated heterocycles. The minimum absolute atomic E-state index is 0.123. The molecule has 2 rings (SSSR count). The van der Waals surface area contributed by atoms with Gasteiger partial charge in [0.05, 0.1) is 16.4 Å². The topological polar surface area (TPSA) is 80.3 Å². The molecular formula is C11H14BrNO4S2. The van der Waals surface area contributed by atoms with E-state index in [4.69, 9.17) is 0 Å². The third-order valence-corrected chi connectivity index (χ3v) is 7.26. The minimum atomic E-state index is -3.70. The van der Waals surface area contributed by atoms with Gasteiger partial charge in [-0.1, -0.05) is 12.1 Å². The smallest absolute Gasteiger partial charge is 0.229 e. The Hall–Kier alpha value is -0.440. The van der Waals surface area contributed by atoms with Gasteiger partial charge in [0.25, 0.3) is 0 Å². The van der Waals surface area contributed by atoms with E-state index in [1.807, 2.05) is 0 Å². The second-order valence-electron chi connectivity index (χ2n) is 4.51. The molecule has 1 aromatic carbocycles. The van der Waals surface area contributed by atoms with Crippen LogP contribution in [0.1, 0.15) is 12.8 Å². The van der Waals surface area contributed by atoms with Crippen molar-refractivity contribution in [3.63, 3.8) is 0 Å². The van der Waals surface area contributed by atoms with Crippen molar-refractivity contribution in [2.24, 2.45) is 0 Å². The maximum Gasteiger partial charge on any atom is 0.241 e. The lowest BCUT2D eigenvalue weighted by atomic mass is 10.2. The lowest BCUT2D eigenvalue weighted by Gasteiger charge is -2.23. The Balaban J connectivity index is 2.21. The number of nitrogens with one attached hydrogen (secondary N) is 1. The molecular weight excluding hydrogens is 354 g/mol. The van der Waals surface area contributed by atoms with E-state index in [0.717, 1.165) is 0 Å². The Morgan fingerprint density at radius 2 is 1.95 bits per heavy atom. The molecule has 0 saturated carbocycles. The molecule has 1 unspecified atom stereocenters. The predicted octanol–water partition coefficient (Wildman–Crippen LogP) is 1.30. The van der Waals surface area contributed by atoms with Crippen molar-refractivity contribution in [2.45, 2.75) is 23.8 Å². The van der Waals surface area contributed by atoms with Crippen LogP contribution in [0.5, 0.6) is 0 Å². The van der Waals surface area contributed by atoms with E-state index < -0.39 is 25.9 Å². The summed E-state index contributed by atoms with van der Waals surface area (Å²) in [6.07, 6.45) is 1.04. The zero-order chi connectivity index (χ0) is 14.1. The normalized spacial score (nSPS) is 23.1. The first-order chi connectivity index (χ1) is 8.80. The molecule has 1 heterocycles. The van der Waals surface area contributed by atoms with Crippen molar-refractivity contribution >= 4 is 35.8 Å². The molecule has 5 nitrogen and oxygen atoms in total. The fourth-order valence-electron chi connectivity index (χ4n) is 2.06. The predicted molar refractivity (Wildman–Crippen MR) is 76.1 cm³/mol. The first-order valence-electron chi connectivity index (χ1n) is 5.77. The second-order valence-corrected chi connectivity index (χ2v) is 9.27. The van der Waals surface area contributed by atoms with Crippen LogP contribution >= 0.6 is 15.9 Å². The maximum atomic E-state index is 12.2. The Morgan fingerprint density at radius 1 is 1.26 bits per heavy atom. The van der Waals surface area contributed by atoms with Crippen LogP contribution in [0.3, 0.4) is 0 Å². The van der Waals surface area contributed by atoms with Crippen LogP contribution in [0, 0.1) is 0 Å². The molecule has 1 aliphatic rings. The van der Waals surface area contributed by atoms with Crippen LogP contribution < -0.4 is 4.72 Å². The molecule has 0 bridgehead atoms. The zero-order valence-electron chi connectivity index (χ0n) is 10.0. The lowest BCUT2D eigenvalue weighted by molar-refractivity contribution is 0.517. The van der Waals surface area contributed by atoms with Gasteiger partial charge in [-0.3, -0.25) is 0 Å². The molecule has 1 aliphatic heterocycles. The summed E-state index contributed by atoms with van der Waals surface area (Å²) in [6.45, 7) is 0. The van der Waals surface area contributed by atoms with E-state index in [9.17, 15) is 16.8 Å². The quantitative estimate of drug-likeness (QED) is 0.872. The molecule has 0 amide bonds. The molecule has 1 aromatic rings. The van der Waals surface area contributed by atoms with Crippen LogP contribution in [-0.2, 0) is 19.9 Å². The summed E-state index contributed by atoms with van der Waals surface area (Å²) in [5.41, 5.74) is 0. The van der Waals surface area contributed by atoms with Crippen LogP contribution in [0.25, 0.3) is 0 Å². The fourth-order valence-corrected chi connectivity index (χ4v) is 6.08. The summed E-state index contributed by atoms with van der Waals surface area (Å²) in [5, 5.41) is 0. The lowest BCUT2D eigenvalue weighted by Crippen LogP contribution is -2.43. The molecule has 106 valence electrons. The molecule has 0 aliphatic carbocycles. The number of halogens is 1. The number of sulfone groups is 1. The molecule has 19 heavy (non-hydrogen) atoms. The molecule has 1 fully saturated rings. The van der Waals surface area contributed by atoms with Gasteiger partial charge in [0.1, 0.15) is 0 Å². The van der Waals surface area contributed by atoms with Gasteiger partial charge in [-0.05, 0) is 40.9 Å². The monoisotopic (exact) mass is 367 g/mol. The zero-order valence-corrected chi connectivity index (χ0v) is 13.3. The van der Waals surface area contributed by atoms with Gasteiger partial charge in [-0.15, -0.1) is 0 Å². The standard InChI is InChI=1S/C11H14BrNO4S2/c12-10-5-1-2-6-11(10)19(16,17)13-9-4-3-7-18(14,15)8-9/h1-2,5-6,9,13H,3-4,7-8H2. The van der Waals surface area contributed by atoms with Crippen molar-refractivity contribution in [3.05, 3.63) is 28.7 Å². The molecule has 0 spiro atoms. The average molecular weight is 368 g/mol. The highest BCUT2D eigenvalue weighted by Crippen LogP contribution is 2.22. The minimum Gasteiger partial charge on any atom is -0.229 e. The van der Waals surface area contributed by atoms with E-state index >= 15 is 0 Å². The van der Waals surface area contributed by atoms with E-state index in [-0.39, 0.29) is 16.4 Å². The van der Waals surface area contributed by atoms with E-state index in [1.54, 1.807) is 18.2 Å². The van der Waals surface area contributed by atoms with E-state index in [2.05, 4.69) is 20.7 Å². The van der Waals surface area contributed by atoms with E-state index in [1.165, 1.54) is 6.07 Å². The number of hydrogen-bond donors (Lipinski definition) is 1. The van der Waals surface area contributed by atoms with E-state index in [0.29, 0.717) is 17.3 Å². The number of sulfonamides is 1.